The monoisotopic (exact) mass is 398 g/mol. The molecule has 0 amide bonds. The number of anilines is 1. The second-order valence-electron chi connectivity index (χ2n) is 6.64. The molecule has 1 aliphatic rings. The van der Waals surface area contributed by atoms with Crippen molar-refractivity contribution in [2.24, 2.45) is 0 Å². The molecule has 0 saturated heterocycles. The Hall–Kier alpha value is -3.18. The molecule has 1 aliphatic heterocycles. The van der Waals surface area contributed by atoms with Gasteiger partial charge in [-0.05, 0) is 61.4 Å². The number of ketones is 1. The van der Waals surface area contributed by atoms with E-state index in [1.807, 2.05) is 13.0 Å². The highest BCUT2D eigenvalue weighted by atomic mass is 32.2. The van der Waals surface area contributed by atoms with Gasteiger partial charge in [0.1, 0.15) is 0 Å². The molecule has 2 aromatic carbocycles. The fraction of sp³-hybridized carbons (Fsp3) is 0.250. The van der Waals surface area contributed by atoms with Gasteiger partial charge in [-0.2, -0.15) is 5.26 Å². The first-order valence-electron chi connectivity index (χ1n) is 8.53. The standard InChI is InChI=1S/C20H18N2O5S/c1-13-9-17-10-16(7-8-18(17)22(13)28(2,25)26)19(23)12-27-20(24)15-5-3-14(11-21)4-6-15/h3-8,10,13H,9,12H2,1-2H3/t13-/m0/s1. The summed E-state index contributed by atoms with van der Waals surface area (Å²) in [6, 6.07) is 12.4. The summed E-state index contributed by atoms with van der Waals surface area (Å²) in [5, 5.41) is 8.77. The second kappa shape index (κ2) is 7.44. The summed E-state index contributed by atoms with van der Waals surface area (Å²) in [5.41, 5.74) is 2.36. The number of carbonyl (C=O) groups is 2. The van der Waals surface area contributed by atoms with Crippen molar-refractivity contribution in [2.75, 3.05) is 17.2 Å². The molecule has 0 radical (unpaired) electrons. The molecular weight excluding hydrogens is 380 g/mol. The van der Waals surface area contributed by atoms with Crippen molar-refractivity contribution in [1.29, 1.82) is 5.26 Å². The minimum Gasteiger partial charge on any atom is -0.454 e. The summed E-state index contributed by atoms with van der Waals surface area (Å²) >= 11 is 0. The Morgan fingerprint density at radius 1 is 1.18 bits per heavy atom. The van der Waals surface area contributed by atoms with E-state index in [2.05, 4.69) is 0 Å². The maximum atomic E-state index is 12.4. The molecule has 0 bridgehead atoms. The van der Waals surface area contributed by atoms with E-state index in [1.54, 1.807) is 12.1 Å². The van der Waals surface area contributed by atoms with Gasteiger partial charge in [-0.3, -0.25) is 9.10 Å². The Kier molecular flexibility index (Phi) is 5.21. The number of hydrogen-bond acceptors (Lipinski definition) is 6. The third kappa shape index (κ3) is 3.89. The minimum atomic E-state index is -3.40. The highest BCUT2D eigenvalue weighted by Gasteiger charge is 2.32. The van der Waals surface area contributed by atoms with E-state index in [9.17, 15) is 18.0 Å². The van der Waals surface area contributed by atoms with Gasteiger partial charge in [-0.25, -0.2) is 13.2 Å². The van der Waals surface area contributed by atoms with Crippen LogP contribution in [0.4, 0.5) is 5.69 Å². The lowest BCUT2D eigenvalue weighted by molar-refractivity contribution is 0.0474. The number of nitrogens with zero attached hydrogens (tertiary/aromatic N) is 2. The lowest BCUT2D eigenvalue weighted by Crippen LogP contribution is -2.34. The van der Waals surface area contributed by atoms with Gasteiger partial charge >= 0.3 is 5.97 Å². The summed E-state index contributed by atoms with van der Waals surface area (Å²) < 4.78 is 30.3. The van der Waals surface area contributed by atoms with Crippen LogP contribution in [0.2, 0.25) is 0 Å². The van der Waals surface area contributed by atoms with Gasteiger partial charge in [0.25, 0.3) is 0 Å². The molecule has 1 atom stereocenters. The third-order valence-corrected chi connectivity index (χ3v) is 5.77. The number of carbonyl (C=O) groups excluding carboxylic acids is 2. The third-order valence-electron chi connectivity index (χ3n) is 4.50. The molecule has 8 heteroatoms. The number of benzene rings is 2. The van der Waals surface area contributed by atoms with Crippen LogP contribution in [0.1, 0.15) is 38.8 Å². The SMILES string of the molecule is C[C@H]1Cc2cc(C(=O)COC(=O)c3ccc(C#N)cc3)ccc2N1S(C)(=O)=O. The zero-order valence-electron chi connectivity index (χ0n) is 15.4. The Bertz CT molecular complexity index is 1080. The van der Waals surface area contributed by atoms with Crippen molar-refractivity contribution >= 4 is 27.5 Å². The van der Waals surface area contributed by atoms with E-state index < -0.39 is 22.6 Å². The van der Waals surface area contributed by atoms with Crippen molar-refractivity contribution in [2.45, 2.75) is 19.4 Å². The molecule has 0 unspecified atom stereocenters. The summed E-state index contributed by atoms with van der Waals surface area (Å²) in [5.74, 6) is -1.04. The predicted octanol–water partition coefficient (Wildman–Crippen LogP) is 2.31. The normalized spacial score (nSPS) is 15.6. The van der Waals surface area contributed by atoms with Crippen LogP contribution in [-0.4, -0.2) is 39.1 Å². The molecule has 0 N–H and O–H groups in total. The molecule has 2 aromatic rings. The van der Waals surface area contributed by atoms with Gasteiger partial charge in [0.15, 0.2) is 12.4 Å². The van der Waals surface area contributed by atoms with Gasteiger partial charge < -0.3 is 4.74 Å². The number of nitriles is 1. The van der Waals surface area contributed by atoms with Crippen LogP contribution in [0, 0.1) is 11.3 Å². The summed E-state index contributed by atoms with van der Waals surface area (Å²) in [4.78, 5) is 24.4. The molecule has 3 rings (SSSR count). The summed E-state index contributed by atoms with van der Waals surface area (Å²) in [6.45, 7) is 1.38. The van der Waals surface area contributed by atoms with Crippen molar-refractivity contribution < 1.29 is 22.7 Å². The first-order chi connectivity index (χ1) is 13.2. The van der Waals surface area contributed by atoms with E-state index in [4.69, 9.17) is 10.00 Å². The number of esters is 1. The zero-order valence-corrected chi connectivity index (χ0v) is 16.2. The molecule has 7 nitrogen and oxygen atoms in total. The first-order valence-corrected chi connectivity index (χ1v) is 10.4. The van der Waals surface area contributed by atoms with Crippen LogP contribution in [0.5, 0.6) is 0 Å². The van der Waals surface area contributed by atoms with E-state index >= 15 is 0 Å². The molecule has 0 saturated carbocycles. The number of fused-ring (bicyclic) bond motifs is 1. The number of rotatable bonds is 5. The fourth-order valence-electron chi connectivity index (χ4n) is 3.26. The average molecular weight is 398 g/mol. The van der Waals surface area contributed by atoms with Crippen LogP contribution in [-0.2, 0) is 21.2 Å². The number of sulfonamides is 1. The van der Waals surface area contributed by atoms with Gasteiger partial charge in [-0.15, -0.1) is 0 Å². The lowest BCUT2D eigenvalue weighted by atomic mass is 10.0. The summed E-state index contributed by atoms with van der Waals surface area (Å²) in [6.07, 6.45) is 1.66. The molecule has 1 heterocycles. The Balaban J connectivity index is 1.70. The fourth-order valence-corrected chi connectivity index (χ4v) is 4.52. The molecule has 0 spiro atoms. The highest BCUT2D eigenvalue weighted by Crippen LogP contribution is 2.34. The van der Waals surface area contributed by atoms with Crippen molar-refractivity contribution in [3.8, 4) is 6.07 Å². The summed E-state index contributed by atoms with van der Waals surface area (Å²) in [7, 11) is -3.40. The van der Waals surface area contributed by atoms with E-state index in [1.165, 1.54) is 34.6 Å². The number of ether oxygens (including phenoxy) is 1. The topological polar surface area (TPSA) is 105 Å². The van der Waals surface area contributed by atoms with E-state index in [-0.39, 0.29) is 17.4 Å². The molecule has 0 fully saturated rings. The minimum absolute atomic E-state index is 0.218. The molecule has 144 valence electrons. The van der Waals surface area contributed by atoms with Gasteiger partial charge in [0, 0.05) is 11.6 Å². The second-order valence-corrected chi connectivity index (χ2v) is 8.50. The van der Waals surface area contributed by atoms with Gasteiger partial charge in [0.2, 0.25) is 10.0 Å². The first kappa shape index (κ1) is 19.6. The van der Waals surface area contributed by atoms with Crippen molar-refractivity contribution in [3.63, 3.8) is 0 Å². The van der Waals surface area contributed by atoms with Crippen LogP contribution >= 0.6 is 0 Å². The van der Waals surface area contributed by atoms with Gasteiger partial charge in [0.05, 0.1) is 29.1 Å². The zero-order chi connectivity index (χ0) is 20.5. The number of hydrogen-bond donors (Lipinski definition) is 0. The number of Topliss-reactive ketones (excluding diaryl/α,β-unsaturated/α-hetero) is 1. The van der Waals surface area contributed by atoms with Crippen LogP contribution < -0.4 is 4.31 Å². The van der Waals surface area contributed by atoms with Crippen molar-refractivity contribution in [3.05, 3.63) is 64.7 Å². The lowest BCUT2D eigenvalue weighted by Gasteiger charge is -2.21. The maximum absolute atomic E-state index is 12.4. The van der Waals surface area contributed by atoms with Crippen molar-refractivity contribution in [1.82, 2.24) is 0 Å². The average Bonchev–Trinajstić information content (AvgIpc) is 3.00. The van der Waals surface area contributed by atoms with Crippen LogP contribution in [0.15, 0.2) is 42.5 Å². The molecule has 0 aromatic heterocycles. The molecule has 0 aliphatic carbocycles. The highest BCUT2D eigenvalue weighted by molar-refractivity contribution is 7.92. The van der Waals surface area contributed by atoms with E-state index in [0.717, 1.165) is 11.8 Å². The molecule has 28 heavy (non-hydrogen) atoms. The largest absolute Gasteiger partial charge is 0.454 e. The quantitative estimate of drug-likeness (QED) is 0.565. The van der Waals surface area contributed by atoms with Gasteiger partial charge in [-0.1, -0.05) is 0 Å². The maximum Gasteiger partial charge on any atom is 0.338 e. The van der Waals surface area contributed by atoms with E-state index in [0.29, 0.717) is 23.2 Å². The Morgan fingerprint density at radius 3 is 2.43 bits per heavy atom. The van der Waals surface area contributed by atoms with Crippen LogP contribution in [0.25, 0.3) is 0 Å². The van der Waals surface area contributed by atoms with Crippen LogP contribution in [0.3, 0.4) is 0 Å². The predicted molar refractivity (Wildman–Crippen MR) is 103 cm³/mol. The smallest absolute Gasteiger partial charge is 0.338 e. The Labute approximate surface area is 163 Å². The molecular formula is C20H18N2O5S. The Morgan fingerprint density at radius 2 is 1.82 bits per heavy atom.